The number of halogens is 2. The monoisotopic (exact) mass is 527 g/mol. The van der Waals surface area contributed by atoms with Crippen molar-refractivity contribution in [3.8, 4) is 5.69 Å². The molecule has 1 heterocycles. The van der Waals surface area contributed by atoms with E-state index >= 15 is 0 Å². The second kappa shape index (κ2) is 9.48. The van der Waals surface area contributed by atoms with Gasteiger partial charge in [-0.1, -0.05) is 23.2 Å². The molecule has 162 valence electrons. The van der Waals surface area contributed by atoms with Gasteiger partial charge in [0, 0.05) is 14.4 Å². The summed E-state index contributed by atoms with van der Waals surface area (Å²) >= 11 is 10.7. The quantitative estimate of drug-likeness (QED) is 0.316. The number of fused-ring (bicyclic) bond motifs is 1. The van der Waals surface area contributed by atoms with Crippen molar-refractivity contribution in [1.29, 1.82) is 0 Å². The highest BCUT2D eigenvalue weighted by molar-refractivity contribution is 9.10. The van der Waals surface area contributed by atoms with E-state index in [9.17, 15) is 9.59 Å². The van der Waals surface area contributed by atoms with Crippen LogP contribution in [0, 0.1) is 13.8 Å². The molecule has 0 unspecified atom stereocenters. The normalized spacial score (nSPS) is 11.0. The highest BCUT2D eigenvalue weighted by atomic mass is 79.9. The van der Waals surface area contributed by atoms with Crippen LogP contribution in [0.2, 0.25) is 5.02 Å². The Balaban J connectivity index is 1.49. The number of hydrogen-bond acceptors (Lipinski definition) is 4. The molecule has 1 N–H and O–H groups in total. The molecule has 0 saturated heterocycles. The molecule has 1 amide bonds. The number of aryl methyl sites for hydroxylation is 2. The van der Waals surface area contributed by atoms with Crippen LogP contribution in [0.15, 0.2) is 74.8 Å². The highest BCUT2D eigenvalue weighted by Gasteiger charge is 2.11. The van der Waals surface area contributed by atoms with Crippen molar-refractivity contribution < 1.29 is 4.79 Å². The molecule has 4 aromatic rings. The first kappa shape index (κ1) is 22.6. The highest BCUT2D eigenvalue weighted by Crippen LogP contribution is 2.27. The minimum absolute atomic E-state index is 0.0930. The first-order valence-electron chi connectivity index (χ1n) is 9.80. The average molecular weight is 529 g/mol. The molecule has 0 saturated carbocycles. The fraction of sp³-hybridized carbons (Fsp3) is 0.125. The Morgan fingerprint density at radius 1 is 1.09 bits per heavy atom. The molecule has 0 aliphatic rings. The summed E-state index contributed by atoms with van der Waals surface area (Å²) in [7, 11) is 0. The van der Waals surface area contributed by atoms with Gasteiger partial charge in [0.1, 0.15) is 5.82 Å². The van der Waals surface area contributed by atoms with E-state index in [1.807, 2.05) is 56.3 Å². The Labute approximate surface area is 203 Å². The van der Waals surface area contributed by atoms with E-state index in [0.29, 0.717) is 27.4 Å². The molecule has 0 fully saturated rings. The van der Waals surface area contributed by atoms with Gasteiger partial charge in [0.05, 0.1) is 28.0 Å². The summed E-state index contributed by atoms with van der Waals surface area (Å²) in [6, 6.07) is 18.4. The number of nitrogens with zero attached hydrogens (tertiary/aromatic N) is 2. The predicted octanol–water partition coefficient (Wildman–Crippen LogP) is 6.15. The van der Waals surface area contributed by atoms with Crippen molar-refractivity contribution in [2.24, 2.45) is 0 Å². The van der Waals surface area contributed by atoms with Gasteiger partial charge in [0.25, 0.3) is 5.56 Å². The molecule has 32 heavy (non-hydrogen) atoms. The number of thioether (sulfide) groups is 1. The zero-order valence-electron chi connectivity index (χ0n) is 17.4. The third-order valence-electron chi connectivity index (χ3n) is 4.86. The second-order valence-electron chi connectivity index (χ2n) is 7.28. The number of hydrogen-bond donors (Lipinski definition) is 1. The Morgan fingerprint density at radius 3 is 2.56 bits per heavy atom. The molecule has 8 heteroatoms. The minimum atomic E-state index is -0.122. The van der Waals surface area contributed by atoms with E-state index in [1.165, 1.54) is 11.8 Å². The first-order valence-corrected chi connectivity index (χ1v) is 12.0. The summed E-state index contributed by atoms with van der Waals surface area (Å²) in [6.45, 7) is 3.78. The van der Waals surface area contributed by atoms with Crippen molar-refractivity contribution in [3.05, 3.63) is 91.9 Å². The van der Waals surface area contributed by atoms with E-state index in [-0.39, 0.29) is 17.2 Å². The van der Waals surface area contributed by atoms with Crippen molar-refractivity contribution in [2.75, 3.05) is 11.1 Å². The number of amides is 1. The standard InChI is InChI=1S/C24H19BrClN3O2S/c1-14-3-9-21-19(11-14)24(31)29(15(2)27-21)17-5-7-18(8-6-17)32-13-23(30)28-22-10-4-16(26)12-20(22)25/h3-12H,13H2,1-2H3,(H,28,30). The van der Waals surface area contributed by atoms with Crippen LogP contribution in [0.25, 0.3) is 16.6 Å². The Hall–Kier alpha value is -2.61. The number of rotatable bonds is 5. The summed E-state index contributed by atoms with van der Waals surface area (Å²) in [6.07, 6.45) is 0. The molecule has 0 aliphatic carbocycles. The number of aromatic nitrogens is 2. The lowest BCUT2D eigenvalue weighted by atomic mass is 10.1. The first-order chi connectivity index (χ1) is 15.3. The molecule has 0 atom stereocenters. The van der Waals surface area contributed by atoms with Gasteiger partial charge in [-0.25, -0.2) is 4.98 Å². The van der Waals surface area contributed by atoms with Gasteiger partial charge in [-0.2, -0.15) is 0 Å². The van der Waals surface area contributed by atoms with E-state index in [1.54, 1.807) is 22.8 Å². The predicted molar refractivity (Wildman–Crippen MR) is 135 cm³/mol. The summed E-state index contributed by atoms with van der Waals surface area (Å²) in [5, 5.41) is 4.05. The molecular weight excluding hydrogens is 510 g/mol. The molecule has 0 aliphatic heterocycles. The van der Waals surface area contributed by atoms with Crippen LogP contribution in [-0.2, 0) is 4.79 Å². The van der Waals surface area contributed by atoms with Crippen LogP contribution in [-0.4, -0.2) is 21.2 Å². The Kier molecular flexibility index (Phi) is 6.69. The van der Waals surface area contributed by atoms with Crippen LogP contribution in [0.1, 0.15) is 11.4 Å². The topological polar surface area (TPSA) is 64.0 Å². The largest absolute Gasteiger partial charge is 0.324 e. The van der Waals surface area contributed by atoms with Gasteiger partial charge in [0.15, 0.2) is 0 Å². The van der Waals surface area contributed by atoms with Crippen LogP contribution in [0.5, 0.6) is 0 Å². The van der Waals surface area contributed by atoms with Crippen LogP contribution < -0.4 is 10.9 Å². The summed E-state index contributed by atoms with van der Waals surface area (Å²) < 4.78 is 2.34. The number of anilines is 1. The number of nitrogens with one attached hydrogen (secondary N) is 1. The van der Waals surface area contributed by atoms with E-state index in [4.69, 9.17) is 11.6 Å². The van der Waals surface area contributed by atoms with Gasteiger partial charge < -0.3 is 5.32 Å². The molecular formula is C24H19BrClN3O2S. The maximum atomic E-state index is 13.1. The van der Waals surface area contributed by atoms with E-state index in [0.717, 1.165) is 20.6 Å². The third-order valence-corrected chi connectivity index (χ3v) is 6.76. The van der Waals surface area contributed by atoms with Gasteiger partial charge in [0.2, 0.25) is 5.91 Å². The minimum Gasteiger partial charge on any atom is -0.324 e. The van der Waals surface area contributed by atoms with Gasteiger partial charge in [-0.15, -0.1) is 11.8 Å². The second-order valence-corrected chi connectivity index (χ2v) is 9.61. The number of carbonyl (C=O) groups excluding carboxylic acids is 1. The third kappa shape index (κ3) is 4.90. The van der Waals surface area contributed by atoms with E-state index in [2.05, 4.69) is 26.2 Å². The van der Waals surface area contributed by atoms with Crippen LogP contribution >= 0.6 is 39.3 Å². The number of carbonyl (C=O) groups is 1. The summed E-state index contributed by atoms with van der Waals surface area (Å²) in [5.74, 6) is 0.757. The average Bonchev–Trinajstić information content (AvgIpc) is 2.76. The van der Waals surface area contributed by atoms with Crippen molar-refractivity contribution >= 4 is 61.8 Å². The Bertz CT molecular complexity index is 1390. The van der Waals surface area contributed by atoms with Crippen LogP contribution in [0.4, 0.5) is 5.69 Å². The number of benzene rings is 3. The molecule has 3 aromatic carbocycles. The fourth-order valence-electron chi connectivity index (χ4n) is 3.33. The lowest BCUT2D eigenvalue weighted by Gasteiger charge is -2.12. The maximum Gasteiger partial charge on any atom is 0.265 e. The SMILES string of the molecule is Cc1ccc2nc(C)n(-c3ccc(SCC(=O)Nc4ccc(Cl)cc4Br)cc3)c(=O)c2c1. The maximum absolute atomic E-state index is 13.1. The molecule has 0 bridgehead atoms. The zero-order valence-corrected chi connectivity index (χ0v) is 20.5. The van der Waals surface area contributed by atoms with Crippen molar-refractivity contribution in [3.63, 3.8) is 0 Å². The molecule has 5 nitrogen and oxygen atoms in total. The summed E-state index contributed by atoms with van der Waals surface area (Å²) in [4.78, 5) is 30.9. The lowest BCUT2D eigenvalue weighted by molar-refractivity contribution is -0.113. The van der Waals surface area contributed by atoms with Crippen LogP contribution in [0.3, 0.4) is 0 Å². The smallest absolute Gasteiger partial charge is 0.265 e. The molecule has 4 rings (SSSR count). The summed E-state index contributed by atoms with van der Waals surface area (Å²) in [5.41, 5.74) is 3.03. The van der Waals surface area contributed by atoms with Gasteiger partial charge in [-0.05, 0) is 84.4 Å². The van der Waals surface area contributed by atoms with Gasteiger partial charge >= 0.3 is 0 Å². The molecule has 0 radical (unpaired) electrons. The van der Waals surface area contributed by atoms with Crippen molar-refractivity contribution in [1.82, 2.24) is 9.55 Å². The van der Waals surface area contributed by atoms with E-state index < -0.39 is 0 Å². The Morgan fingerprint density at radius 2 is 1.84 bits per heavy atom. The zero-order chi connectivity index (χ0) is 22.8. The lowest BCUT2D eigenvalue weighted by Crippen LogP contribution is -2.22. The fourth-order valence-corrected chi connectivity index (χ4v) is 4.81. The molecule has 0 spiro atoms. The van der Waals surface area contributed by atoms with Gasteiger partial charge in [-0.3, -0.25) is 14.2 Å². The van der Waals surface area contributed by atoms with Crippen molar-refractivity contribution in [2.45, 2.75) is 18.7 Å². The molecule has 1 aromatic heterocycles.